The Hall–Kier alpha value is -3.23. The van der Waals surface area contributed by atoms with Crippen LogP contribution in [0.2, 0.25) is 0 Å². The van der Waals surface area contributed by atoms with Crippen molar-refractivity contribution in [1.82, 2.24) is 14.8 Å². The molecule has 3 aliphatic heterocycles. The number of nitriles is 1. The number of ether oxygens (including phenoxy) is 1. The summed E-state index contributed by atoms with van der Waals surface area (Å²) in [4.78, 5) is 36.5. The van der Waals surface area contributed by atoms with Crippen LogP contribution in [-0.2, 0) is 14.9 Å². The predicted octanol–water partition coefficient (Wildman–Crippen LogP) is 3.86. The Morgan fingerprint density at radius 2 is 2.05 bits per heavy atom. The molecule has 1 aromatic carbocycles. The van der Waals surface area contributed by atoms with E-state index in [0.29, 0.717) is 47.1 Å². The van der Waals surface area contributed by atoms with Crippen molar-refractivity contribution < 1.29 is 18.7 Å². The van der Waals surface area contributed by atoms with Gasteiger partial charge >= 0.3 is 6.09 Å². The molecular weight excluding hydrogens is 543 g/mol. The van der Waals surface area contributed by atoms with Gasteiger partial charge in [-0.3, -0.25) is 4.79 Å². The number of amides is 2. The van der Waals surface area contributed by atoms with Gasteiger partial charge in [0.05, 0.1) is 16.2 Å². The van der Waals surface area contributed by atoms with Crippen LogP contribution in [-0.4, -0.2) is 78.7 Å². The number of aromatic nitrogens is 1. The first-order valence-corrected chi connectivity index (χ1v) is 12.8. The number of carbonyl (C=O) groups excluding carboxylic acids is 2. The molecule has 0 saturated carbocycles. The van der Waals surface area contributed by atoms with E-state index in [0.717, 1.165) is 0 Å². The highest BCUT2D eigenvalue weighted by Gasteiger charge is 2.59. The lowest BCUT2D eigenvalue weighted by Crippen LogP contribution is -2.64. The first kappa shape index (κ1) is 25.4. The number of hydrogen-bond donors (Lipinski definition) is 1. The predicted molar refractivity (Wildman–Crippen MR) is 142 cm³/mol. The maximum Gasteiger partial charge on any atom is 0.410 e. The summed E-state index contributed by atoms with van der Waals surface area (Å²) in [5.74, 6) is -0.297. The van der Waals surface area contributed by atoms with Crippen molar-refractivity contribution in [1.29, 1.82) is 5.26 Å². The number of fused-ring (bicyclic) bond motifs is 4. The zero-order valence-electron chi connectivity index (χ0n) is 21.4. The van der Waals surface area contributed by atoms with E-state index in [2.05, 4.69) is 26.1 Å². The van der Waals surface area contributed by atoms with Gasteiger partial charge in [-0.25, -0.2) is 14.2 Å². The summed E-state index contributed by atoms with van der Waals surface area (Å²) < 4.78 is 21.4. The lowest BCUT2D eigenvalue weighted by Gasteiger charge is -2.47. The molecule has 1 spiro atoms. The number of hydrogen-bond acceptors (Lipinski definition) is 7. The summed E-state index contributed by atoms with van der Waals surface area (Å²) in [5.41, 5.74) is 0.0495. The standard InChI is InChI=1S/C26H28BrFN6O3/c1-25(2,3)37-24(36)34-12-26(13-34)17-16-9-14(7-6-8-29)18(27)19(28)20(16)30-22(21(17)31-23(26)35)33-10-15(11-33)32(4)5/h6-7,9,15H,10-13H2,1-5H3,(H,31,35)/b7-6+. The summed E-state index contributed by atoms with van der Waals surface area (Å²) in [6.07, 6.45) is 2.28. The Morgan fingerprint density at radius 1 is 1.38 bits per heavy atom. The van der Waals surface area contributed by atoms with Crippen molar-refractivity contribution in [3.63, 3.8) is 0 Å². The maximum atomic E-state index is 15.7. The van der Waals surface area contributed by atoms with Crippen LogP contribution < -0.4 is 10.2 Å². The van der Waals surface area contributed by atoms with Gasteiger partial charge in [0.1, 0.15) is 16.5 Å². The second-order valence-corrected chi connectivity index (χ2v) is 11.8. The topological polar surface area (TPSA) is 102 Å². The van der Waals surface area contributed by atoms with E-state index in [9.17, 15) is 9.59 Å². The molecule has 194 valence electrons. The Morgan fingerprint density at radius 3 is 2.65 bits per heavy atom. The van der Waals surface area contributed by atoms with Gasteiger partial charge in [0, 0.05) is 49.2 Å². The third kappa shape index (κ3) is 4.03. The number of nitrogens with one attached hydrogen (secondary N) is 1. The van der Waals surface area contributed by atoms with E-state index in [1.807, 2.05) is 25.1 Å². The molecule has 37 heavy (non-hydrogen) atoms. The number of halogens is 2. The van der Waals surface area contributed by atoms with Crippen LogP contribution in [0, 0.1) is 17.1 Å². The smallest absolute Gasteiger partial charge is 0.410 e. The fourth-order valence-corrected chi connectivity index (χ4v) is 5.54. The lowest BCUT2D eigenvalue weighted by atomic mass is 9.73. The summed E-state index contributed by atoms with van der Waals surface area (Å²) in [6.45, 7) is 6.96. The van der Waals surface area contributed by atoms with Crippen molar-refractivity contribution in [2.45, 2.75) is 37.8 Å². The number of carbonyl (C=O) groups is 2. The average Bonchev–Trinajstić information content (AvgIpc) is 3.05. The largest absolute Gasteiger partial charge is 0.444 e. The molecule has 11 heteroatoms. The van der Waals surface area contributed by atoms with E-state index >= 15 is 4.39 Å². The Bertz CT molecular complexity index is 1400. The highest BCUT2D eigenvalue weighted by molar-refractivity contribution is 9.10. The molecule has 2 aromatic rings. The molecule has 0 aliphatic carbocycles. The molecule has 0 bridgehead atoms. The minimum absolute atomic E-state index is 0.112. The van der Waals surface area contributed by atoms with E-state index in [1.165, 1.54) is 17.1 Å². The number of likely N-dealkylation sites (N-methyl/N-ethyl adjacent to an activating group) is 1. The molecule has 5 rings (SSSR count). The summed E-state index contributed by atoms with van der Waals surface area (Å²) >= 11 is 3.31. The van der Waals surface area contributed by atoms with Crippen LogP contribution in [0.3, 0.4) is 0 Å². The van der Waals surface area contributed by atoms with Gasteiger partial charge in [0.15, 0.2) is 11.6 Å². The van der Waals surface area contributed by atoms with Crippen molar-refractivity contribution in [3.8, 4) is 6.07 Å². The van der Waals surface area contributed by atoms with Crippen molar-refractivity contribution >= 4 is 56.4 Å². The molecule has 1 aromatic heterocycles. The zero-order chi connectivity index (χ0) is 26.9. The van der Waals surface area contributed by atoms with Crippen LogP contribution in [0.4, 0.5) is 20.7 Å². The molecule has 0 atom stereocenters. The highest BCUT2D eigenvalue weighted by atomic mass is 79.9. The second kappa shape index (κ2) is 8.67. The fourth-order valence-electron chi connectivity index (χ4n) is 5.10. The second-order valence-electron chi connectivity index (χ2n) is 11.0. The van der Waals surface area contributed by atoms with Crippen molar-refractivity contribution in [2.75, 3.05) is 50.5 Å². The molecule has 4 heterocycles. The molecule has 0 radical (unpaired) electrons. The normalized spacial score (nSPS) is 18.7. The van der Waals surface area contributed by atoms with Crippen LogP contribution in [0.15, 0.2) is 16.6 Å². The number of anilines is 2. The Balaban J connectivity index is 1.65. The lowest BCUT2D eigenvalue weighted by molar-refractivity contribution is -0.126. The molecule has 0 unspecified atom stereocenters. The number of benzene rings is 1. The first-order valence-electron chi connectivity index (χ1n) is 12.0. The van der Waals surface area contributed by atoms with Gasteiger partial charge in [0.25, 0.3) is 0 Å². The van der Waals surface area contributed by atoms with Crippen molar-refractivity contribution in [3.05, 3.63) is 33.6 Å². The van der Waals surface area contributed by atoms with Gasteiger partial charge in [-0.05, 0) is 68.5 Å². The van der Waals surface area contributed by atoms with Crippen LogP contribution in [0.25, 0.3) is 17.0 Å². The quantitative estimate of drug-likeness (QED) is 0.559. The molecule has 3 aliphatic rings. The number of pyridine rings is 1. The highest BCUT2D eigenvalue weighted by Crippen LogP contribution is 2.52. The number of allylic oxidation sites excluding steroid dienone is 1. The molecule has 1 N–H and O–H groups in total. The third-order valence-electron chi connectivity index (χ3n) is 7.12. The minimum atomic E-state index is -1.05. The summed E-state index contributed by atoms with van der Waals surface area (Å²) in [7, 11) is 4.01. The van der Waals surface area contributed by atoms with E-state index in [4.69, 9.17) is 15.0 Å². The van der Waals surface area contributed by atoms with Gasteiger partial charge < -0.3 is 24.8 Å². The van der Waals surface area contributed by atoms with Gasteiger partial charge in [-0.2, -0.15) is 5.26 Å². The third-order valence-corrected chi connectivity index (χ3v) is 7.93. The number of rotatable bonds is 3. The van der Waals surface area contributed by atoms with Gasteiger partial charge in [-0.1, -0.05) is 0 Å². The zero-order valence-corrected chi connectivity index (χ0v) is 22.9. The monoisotopic (exact) mass is 570 g/mol. The van der Waals surface area contributed by atoms with Crippen LogP contribution >= 0.6 is 15.9 Å². The average molecular weight is 571 g/mol. The summed E-state index contributed by atoms with van der Waals surface area (Å²) in [6, 6.07) is 3.98. The Kier molecular flexibility index (Phi) is 5.96. The summed E-state index contributed by atoms with van der Waals surface area (Å²) in [5, 5.41) is 12.5. The number of likely N-dealkylation sites (tertiary alicyclic amines) is 1. The first-order chi connectivity index (χ1) is 17.4. The Labute approximate surface area is 223 Å². The molecule has 2 fully saturated rings. The molecule has 2 saturated heterocycles. The number of nitrogens with zero attached hydrogens (tertiary/aromatic N) is 5. The SMILES string of the molecule is CN(C)C1CN(c2nc3c(F)c(Br)c(/C=C/C#N)cc3c3c2NC(=O)C32CN(C(=O)OC(C)(C)C)C2)C1. The fraction of sp³-hybridized carbons (Fsp3) is 0.462. The van der Waals surface area contributed by atoms with E-state index in [1.54, 1.807) is 26.8 Å². The molecular formula is C26H28BrFN6O3. The maximum absolute atomic E-state index is 15.7. The van der Waals surface area contributed by atoms with Gasteiger partial charge in [-0.15, -0.1) is 0 Å². The molecule has 2 amide bonds. The van der Waals surface area contributed by atoms with Gasteiger partial charge in [0.2, 0.25) is 5.91 Å². The van der Waals surface area contributed by atoms with Crippen molar-refractivity contribution in [2.24, 2.45) is 0 Å². The molecule has 9 nitrogen and oxygen atoms in total. The van der Waals surface area contributed by atoms with E-state index in [-0.39, 0.29) is 29.0 Å². The van der Waals surface area contributed by atoms with E-state index < -0.39 is 22.9 Å². The van der Waals surface area contributed by atoms with Crippen LogP contribution in [0.1, 0.15) is 31.9 Å². The van der Waals surface area contributed by atoms with Crippen LogP contribution in [0.5, 0.6) is 0 Å². The minimum Gasteiger partial charge on any atom is -0.444 e.